The molecule has 1 heteroatoms. The van der Waals surface area contributed by atoms with Crippen LogP contribution in [-0.4, -0.2) is 0 Å². The minimum absolute atomic E-state index is 0.821. The Kier molecular flexibility index (Phi) is 2.65. The largest absolute Gasteiger partial charge is 0.0837 e. The second-order valence-electron chi connectivity index (χ2n) is 5.95. The van der Waals surface area contributed by atoms with E-state index in [9.17, 15) is 0 Å². The lowest BCUT2D eigenvalue weighted by atomic mass is 9.97. The highest BCUT2D eigenvalue weighted by Crippen LogP contribution is 2.49. The Labute approximate surface area is 140 Å². The molecular formula is C22H13Cl. The van der Waals surface area contributed by atoms with Gasteiger partial charge >= 0.3 is 0 Å². The van der Waals surface area contributed by atoms with E-state index in [1.165, 1.54) is 38.8 Å². The van der Waals surface area contributed by atoms with Gasteiger partial charge in [-0.2, -0.15) is 0 Å². The van der Waals surface area contributed by atoms with Crippen LogP contribution in [0.25, 0.3) is 44.2 Å². The van der Waals surface area contributed by atoms with Crippen LogP contribution in [0.15, 0.2) is 78.9 Å². The molecule has 0 nitrogen and oxygen atoms in total. The summed E-state index contributed by atoms with van der Waals surface area (Å²) in [6.07, 6.45) is 0. The van der Waals surface area contributed by atoms with Crippen LogP contribution in [0.4, 0.5) is 0 Å². The van der Waals surface area contributed by atoms with E-state index < -0.39 is 0 Å². The molecule has 0 heterocycles. The molecule has 4 aromatic rings. The molecule has 4 aromatic carbocycles. The Morgan fingerprint density at radius 3 is 2.17 bits per heavy atom. The van der Waals surface area contributed by atoms with Gasteiger partial charge < -0.3 is 0 Å². The van der Waals surface area contributed by atoms with Gasteiger partial charge in [0.05, 0.1) is 0 Å². The maximum atomic E-state index is 6.40. The lowest BCUT2D eigenvalue weighted by molar-refractivity contribution is 1.62. The zero-order valence-corrected chi connectivity index (χ0v) is 13.1. The third-order valence-electron chi connectivity index (χ3n) is 4.69. The molecule has 0 atom stereocenters. The van der Waals surface area contributed by atoms with E-state index in [4.69, 9.17) is 11.6 Å². The quantitative estimate of drug-likeness (QED) is 0.319. The summed E-state index contributed by atoms with van der Waals surface area (Å²) in [5, 5.41) is 3.24. The van der Waals surface area contributed by atoms with Crippen LogP contribution >= 0.6 is 11.6 Å². The minimum atomic E-state index is 0.821. The van der Waals surface area contributed by atoms with Gasteiger partial charge in [-0.1, -0.05) is 78.3 Å². The Morgan fingerprint density at radius 1 is 0.522 bits per heavy atom. The monoisotopic (exact) mass is 312 g/mol. The van der Waals surface area contributed by atoms with E-state index in [1.807, 2.05) is 6.07 Å². The SMILES string of the molecule is Clc1ccc2c3c(cccc13)-c1cc(-c3ccccc3)ccc1-2. The number of fused-ring (bicyclic) bond motifs is 3. The van der Waals surface area contributed by atoms with E-state index >= 15 is 0 Å². The zero-order valence-electron chi connectivity index (χ0n) is 12.4. The topological polar surface area (TPSA) is 0 Å². The first kappa shape index (κ1) is 12.9. The normalized spacial score (nSPS) is 11.7. The first-order valence-electron chi connectivity index (χ1n) is 7.74. The minimum Gasteiger partial charge on any atom is -0.0837 e. The molecule has 108 valence electrons. The van der Waals surface area contributed by atoms with Crippen molar-refractivity contribution < 1.29 is 0 Å². The zero-order chi connectivity index (χ0) is 15.4. The first-order valence-corrected chi connectivity index (χ1v) is 8.12. The van der Waals surface area contributed by atoms with Crippen LogP contribution in [0.2, 0.25) is 5.02 Å². The molecule has 0 saturated carbocycles. The molecule has 5 rings (SSSR count). The van der Waals surface area contributed by atoms with Crippen molar-refractivity contribution >= 4 is 22.4 Å². The molecule has 1 aliphatic rings. The van der Waals surface area contributed by atoms with Gasteiger partial charge in [0.2, 0.25) is 0 Å². The second-order valence-corrected chi connectivity index (χ2v) is 6.36. The van der Waals surface area contributed by atoms with Crippen LogP contribution in [-0.2, 0) is 0 Å². The maximum Gasteiger partial charge on any atom is 0.0485 e. The summed E-state index contributed by atoms with van der Waals surface area (Å²) in [5.41, 5.74) is 7.67. The molecule has 0 bridgehead atoms. The highest BCUT2D eigenvalue weighted by Gasteiger charge is 2.22. The van der Waals surface area contributed by atoms with Crippen LogP contribution in [0, 0.1) is 0 Å². The fourth-order valence-electron chi connectivity index (χ4n) is 3.63. The van der Waals surface area contributed by atoms with E-state index in [0.29, 0.717) is 0 Å². The van der Waals surface area contributed by atoms with Gasteiger partial charge in [0.1, 0.15) is 0 Å². The van der Waals surface area contributed by atoms with Gasteiger partial charge in [0.15, 0.2) is 0 Å². The third kappa shape index (κ3) is 1.79. The van der Waals surface area contributed by atoms with Crippen LogP contribution < -0.4 is 0 Å². The molecule has 0 fully saturated rings. The van der Waals surface area contributed by atoms with Crippen molar-refractivity contribution in [3.05, 3.63) is 83.9 Å². The molecule has 0 unspecified atom stereocenters. The molecule has 0 aromatic heterocycles. The van der Waals surface area contributed by atoms with Gasteiger partial charge in [-0.25, -0.2) is 0 Å². The van der Waals surface area contributed by atoms with Gasteiger partial charge in [-0.15, -0.1) is 0 Å². The standard InChI is InChI=1S/C22H13Cl/c23-21-12-11-18-16-10-9-15(14-5-2-1-3-6-14)13-20(16)17-7-4-8-19(21)22(17)18/h1-13H. The smallest absolute Gasteiger partial charge is 0.0485 e. The highest BCUT2D eigenvalue weighted by atomic mass is 35.5. The average Bonchev–Trinajstić information content (AvgIpc) is 2.94. The lowest BCUT2D eigenvalue weighted by Crippen LogP contribution is -1.81. The van der Waals surface area contributed by atoms with Crippen molar-refractivity contribution in [1.82, 2.24) is 0 Å². The third-order valence-corrected chi connectivity index (χ3v) is 5.02. The van der Waals surface area contributed by atoms with E-state index in [2.05, 4.69) is 72.8 Å². The van der Waals surface area contributed by atoms with Crippen molar-refractivity contribution in [2.24, 2.45) is 0 Å². The molecule has 0 amide bonds. The van der Waals surface area contributed by atoms with Crippen molar-refractivity contribution in [3.8, 4) is 33.4 Å². The Morgan fingerprint density at radius 2 is 1.30 bits per heavy atom. The molecule has 1 aliphatic carbocycles. The number of hydrogen-bond acceptors (Lipinski definition) is 0. The van der Waals surface area contributed by atoms with E-state index in [1.54, 1.807) is 0 Å². The van der Waals surface area contributed by atoms with Gasteiger partial charge in [-0.05, 0) is 50.9 Å². The van der Waals surface area contributed by atoms with Crippen molar-refractivity contribution in [2.45, 2.75) is 0 Å². The molecule has 0 spiro atoms. The molecule has 0 aliphatic heterocycles. The molecule has 0 radical (unpaired) electrons. The van der Waals surface area contributed by atoms with E-state index in [-0.39, 0.29) is 0 Å². The summed E-state index contributed by atoms with van der Waals surface area (Å²) < 4.78 is 0. The van der Waals surface area contributed by atoms with Crippen LogP contribution in [0.5, 0.6) is 0 Å². The van der Waals surface area contributed by atoms with Gasteiger partial charge in [0.25, 0.3) is 0 Å². The van der Waals surface area contributed by atoms with Crippen molar-refractivity contribution in [1.29, 1.82) is 0 Å². The highest BCUT2D eigenvalue weighted by molar-refractivity contribution is 6.37. The molecular weight excluding hydrogens is 300 g/mol. The maximum absolute atomic E-state index is 6.40. The van der Waals surface area contributed by atoms with Crippen molar-refractivity contribution in [2.75, 3.05) is 0 Å². The Balaban J connectivity index is 1.82. The summed E-state index contributed by atoms with van der Waals surface area (Å²) in [4.78, 5) is 0. The second kappa shape index (κ2) is 4.71. The van der Waals surface area contributed by atoms with E-state index in [0.717, 1.165) is 10.4 Å². The molecule has 0 saturated heterocycles. The lowest BCUT2D eigenvalue weighted by Gasteiger charge is -2.06. The predicted octanol–water partition coefficient (Wildman–Crippen LogP) is 6.81. The number of rotatable bonds is 1. The number of benzene rings is 4. The molecule has 23 heavy (non-hydrogen) atoms. The Hall–Kier alpha value is -2.57. The summed E-state index contributed by atoms with van der Waals surface area (Å²) in [7, 11) is 0. The fraction of sp³-hybridized carbons (Fsp3) is 0. The predicted molar refractivity (Wildman–Crippen MR) is 98.8 cm³/mol. The van der Waals surface area contributed by atoms with Crippen molar-refractivity contribution in [3.63, 3.8) is 0 Å². The Bertz CT molecular complexity index is 1060. The van der Waals surface area contributed by atoms with Gasteiger partial charge in [-0.3, -0.25) is 0 Å². The average molecular weight is 313 g/mol. The first-order chi connectivity index (χ1) is 11.3. The summed E-state index contributed by atoms with van der Waals surface area (Å²) in [6.45, 7) is 0. The fourth-order valence-corrected chi connectivity index (χ4v) is 3.85. The van der Waals surface area contributed by atoms with Crippen LogP contribution in [0.3, 0.4) is 0 Å². The number of halogens is 1. The summed E-state index contributed by atoms with van der Waals surface area (Å²) in [5.74, 6) is 0. The van der Waals surface area contributed by atoms with Gasteiger partial charge in [0, 0.05) is 10.4 Å². The number of hydrogen-bond donors (Lipinski definition) is 0. The van der Waals surface area contributed by atoms with Crippen LogP contribution in [0.1, 0.15) is 0 Å². The summed E-state index contributed by atoms with van der Waals surface area (Å²) >= 11 is 6.40. The summed E-state index contributed by atoms with van der Waals surface area (Å²) in [6, 6.07) is 27.8. The molecule has 0 N–H and O–H groups in total.